The average Bonchev–Trinajstić information content (AvgIpc) is 2.33. The Hall–Kier alpha value is -2.11. The summed E-state index contributed by atoms with van der Waals surface area (Å²) >= 11 is 0. The Balaban J connectivity index is 2.88. The number of hydrogen-bond donors (Lipinski definition) is 1. The zero-order valence-corrected chi connectivity index (χ0v) is 12.9. The van der Waals surface area contributed by atoms with Gasteiger partial charge in [0.05, 0.1) is 5.69 Å². The summed E-state index contributed by atoms with van der Waals surface area (Å²) in [5, 5.41) is 2.41. The van der Waals surface area contributed by atoms with Crippen molar-refractivity contribution in [2.75, 3.05) is 19.0 Å². The van der Waals surface area contributed by atoms with Gasteiger partial charge in [-0.25, -0.2) is 9.18 Å². The number of ether oxygens (including phenoxy) is 1. The molecule has 0 aliphatic heterocycles. The van der Waals surface area contributed by atoms with E-state index in [2.05, 4.69) is 5.32 Å². The molecular formula is C15H21FN2O3. The SMILES string of the molecule is CN(C)c1ccc(C(C=O)NC(=O)OC(C)(C)C)cc1F. The number of halogens is 1. The summed E-state index contributed by atoms with van der Waals surface area (Å²) in [7, 11) is 3.43. The Bertz CT molecular complexity index is 524. The van der Waals surface area contributed by atoms with Crippen molar-refractivity contribution in [1.82, 2.24) is 5.32 Å². The molecule has 1 unspecified atom stereocenters. The first-order valence-electron chi connectivity index (χ1n) is 6.55. The van der Waals surface area contributed by atoms with Gasteiger partial charge in [-0.15, -0.1) is 0 Å². The Morgan fingerprint density at radius 2 is 2.00 bits per heavy atom. The van der Waals surface area contributed by atoms with Crippen LogP contribution in [0.2, 0.25) is 0 Å². The lowest BCUT2D eigenvalue weighted by molar-refractivity contribution is -0.109. The molecule has 6 heteroatoms. The van der Waals surface area contributed by atoms with E-state index in [1.807, 2.05) is 0 Å². The van der Waals surface area contributed by atoms with E-state index in [0.29, 0.717) is 17.5 Å². The molecule has 0 saturated heterocycles. The topological polar surface area (TPSA) is 58.6 Å². The van der Waals surface area contributed by atoms with Crippen LogP contribution in [0.5, 0.6) is 0 Å². The number of benzene rings is 1. The van der Waals surface area contributed by atoms with Gasteiger partial charge in [-0.2, -0.15) is 0 Å². The number of nitrogens with zero attached hydrogens (tertiary/aromatic N) is 1. The maximum Gasteiger partial charge on any atom is 0.408 e. The van der Waals surface area contributed by atoms with Gasteiger partial charge >= 0.3 is 6.09 Å². The van der Waals surface area contributed by atoms with Crippen molar-refractivity contribution in [2.24, 2.45) is 0 Å². The molecular weight excluding hydrogens is 275 g/mol. The molecule has 0 fully saturated rings. The molecule has 1 N–H and O–H groups in total. The van der Waals surface area contributed by atoms with Gasteiger partial charge < -0.3 is 19.7 Å². The summed E-state index contributed by atoms with van der Waals surface area (Å²) in [4.78, 5) is 24.4. The minimum Gasteiger partial charge on any atom is -0.444 e. The van der Waals surface area contributed by atoms with E-state index in [0.717, 1.165) is 0 Å². The fraction of sp³-hybridized carbons (Fsp3) is 0.467. The highest BCUT2D eigenvalue weighted by Crippen LogP contribution is 2.21. The third kappa shape index (κ3) is 5.06. The van der Waals surface area contributed by atoms with Crippen molar-refractivity contribution in [3.05, 3.63) is 29.6 Å². The Morgan fingerprint density at radius 1 is 1.38 bits per heavy atom. The number of anilines is 1. The normalized spacial score (nSPS) is 12.5. The third-order valence-electron chi connectivity index (χ3n) is 2.62. The number of nitrogens with one attached hydrogen (secondary N) is 1. The molecule has 0 aromatic heterocycles. The van der Waals surface area contributed by atoms with Crippen molar-refractivity contribution >= 4 is 18.1 Å². The first kappa shape index (κ1) is 16.9. The lowest BCUT2D eigenvalue weighted by atomic mass is 10.1. The lowest BCUT2D eigenvalue weighted by Crippen LogP contribution is -2.35. The largest absolute Gasteiger partial charge is 0.444 e. The van der Waals surface area contributed by atoms with Gasteiger partial charge in [-0.3, -0.25) is 0 Å². The summed E-state index contributed by atoms with van der Waals surface area (Å²) in [6.07, 6.45) is -0.190. The molecule has 0 radical (unpaired) electrons. The number of hydrogen-bond acceptors (Lipinski definition) is 4. The highest BCUT2D eigenvalue weighted by atomic mass is 19.1. The van der Waals surface area contributed by atoms with Crippen LogP contribution in [0.3, 0.4) is 0 Å². The fourth-order valence-corrected chi connectivity index (χ4v) is 1.71. The minimum absolute atomic E-state index is 0.360. The second-order valence-corrected chi connectivity index (χ2v) is 5.87. The Morgan fingerprint density at radius 3 is 2.43 bits per heavy atom. The fourth-order valence-electron chi connectivity index (χ4n) is 1.71. The number of aldehydes is 1. The molecule has 0 saturated carbocycles. The number of alkyl carbamates (subject to hydrolysis) is 1. The van der Waals surface area contributed by atoms with Crippen LogP contribution in [-0.4, -0.2) is 32.1 Å². The summed E-state index contributed by atoms with van der Waals surface area (Å²) in [6.45, 7) is 5.15. The molecule has 0 heterocycles. The lowest BCUT2D eigenvalue weighted by Gasteiger charge is -2.22. The molecule has 1 aromatic rings. The van der Waals surface area contributed by atoms with Crippen LogP contribution in [0.15, 0.2) is 18.2 Å². The predicted molar refractivity (Wildman–Crippen MR) is 78.9 cm³/mol. The van der Waals surface area contributed by atoms with Gasteiger partial charge in [-0.1, -0.05) is 6.07 Å². The number of amides is 1. The maximum absolute atomic E-state index is 13.9. The third-order valence-corrected chi connectivity index (χ3v) is 2.62. The van der Waals surface area contributed by atoms with E-state index >= 15 is 0 Å². The highest BCUT2D eigenvalue weighted by molar-refractivity contribution is 5.74. The zero-order valence-electron chi connectivity index (χ0n) is 12.9. The van der Waals surface area contributed by atoms with Crippen LogP contribution in [0.25, 0.3) is 0 Å². The van der Waals surface area contributed by atoms with Crippen molar-refractivity contribution < 1.29 is 18.7 Å². The Labute approximate surface area is 124 Å². The van der Waals surface area contributed by atoms with Gasteiger partial charge in [0.25, 0.3) is 0 Å². The second kappa shape index (κ2) is 6.56. The average molecular weight is 296 g/mol. The standard InChI is InChI=1S/C15H21FN2O3/c1-15(2,3)21-14(20)17-12(9-19)10-6-7-13(18(4)5)11(16)8-10/h6-9,12H,1-5H3,(H,17,20). The molecule has 0 aliphatic rings. The van der Waals surface area contributed by atoms with E-state index in [4.69, 9.17) is 4.74 Å². The molecule has 5 nitrogen and oxygen atoms in total. The molecule has 116 valence electrons. The second-order valence-electron chi connectivity index (χ2n) is 5.87. The van der Waals surface area contributed by atoms with Crippen LogP contribution < -0.4 is 10.2 Å². The number of carbonyl (C=O) groups is 2. The first-order chi connectivity index (χ1) is 9.64. The summed E-state index contributed by atoms with van der Waals surface area (Å²) in [6, 6.07) is 3.42. The Kier molecular flexibility index (Phi) is 5.29. The maximum atomic E-state index is 13.9. The van der Waals surface area contributed by atoms with Gasteiger partial charge in [-0.05, 0) is 38.5 Å². The number of carbonyl (C=O) groups excluding carboxylic acids is 2. The molecule has 1 atom stereocenters. The van der Waals surface area contributed by atoms with E-state index < -0.39 is 23.6 Å². The van der Waals surface area contributed by atoms with Crippen LogP contribution >= 0.6 is 0 Å². The van der Waals surface area contributed by atoms with Crippen molar-refractivity contribution in [2.45, 2.75) is 32.4 Å². The van der Waals surface area contributed by atoms with Crippen LogP contribution in [0, 0.1) is 5.82 Å². The molecule has 1 amide bonds. The summed E-state index contributed by atoms with van der Waals surface area (Å²) in [5.41, 5.74) is 0.0944. The van der Waals surface area contributed by atoms with Gasteiger partial charge in [0.1, 0.15) is 23.7 Å². The highest BCUT2D eigenvalue weighted by Gasteiger charge is 2.21. The van der Waals surface area contributed by atoms with Crippen LogP contribution in [-0.2, 0) is 9.53 Å². The van der Waals surface area contributed by atoms with Gasteiger partial charge in [0, 0.05) is 14.1 Å². The molecule has 0 bridgehead atoms. The van der Waals surface area contributed by atoms with Gasteiger partial charge in [0.15, 0.2) is 0 Å². The van der Waals surface area contributed by atoms with Crippen molar-refractivity contribution in [3.8, 4) is 0 Å². The summed E-state index contributed by atoms with van der Waals surface area (Å²) < 4.78 is 19.0. The van der Waals surface area contributed by atoms with Crippen LogP contribution in [0.1, 0.15) is 32.4 Å². The monoisotopic (exact) mass is 296 g/mol. The molecule has 21 heavy (non-hydrogen) atoms. The molecule has 1 aromatic carbocycles. The minimum atomic E-state index is -0.953. The summed E-state index contributed by atoms with van der Waals surface area (Å²) in [5.74, 6) is -0.463. The van der Waals surface area contributed by atoms with E-state index in [9.17, 15) is 14.0 Å². The van der Waals surface area contributed by atoms with E-state index in [1.165, 1.54) is 6.07 Å². The molecule has 0 spiro atoms. The predicted octanol–water partition coefficient (Wildman–Crippen LogP) is 2.66. The smallest absolute Gasteiger partial charge is 0.408 e. The van der Waals surface area contributed by atoms with E-state index in [1.54, 1.807) is 51.9 Å². The van der Waals surface area contributed by atoms with Gasteiger partial charge in [0.2, 0.25) is 0 Å². The van der Waals surface area contributed by atoms with Crippen molar-refractivity contribution in [3.63, 3.8) is 0 Å². The first-order valence-corrected chi connectivity index (χ1v) is 6.55. The number of rotatable bonds is 4. The zero-order chi connectivity index (χ0) is 16.2. The molecule has 0 aliphatic carbocycles. The van der Waals surface area contributed by atoms with Crippen LogP contribution in [0.4, 0.5) is 14.9 Å². The molecule has 1 rings (SSSR count). The van der Waals surface area contributed by atoms with Crippen molar-refractivity contribution in [1.29, 1.82) is 0 Å². The quantitative estimate of drug-likeness (QED) is 0.868. The van der Waals surface area contributed by atoms with E-state index in [-0.39, 0.29) is 0 Å².